The number of aromatic amines is 1. The summed E-state index contributed by atoms with van der Waals surface area (Å²) in [4.78, 5) is 12.4. The quantitative estimate of drug-likeness (QED) is 0.755. The smallest absolute Gasteiger partial charge is 0.359 e. The van der Waals surface area contributed by atoms with Crippen LogP contribution in [0, 0.1) is 5.92 Å². The van der Waals surface area contributed by atoms with E-state index in [1.807, 2.05) is 24.4 Å². The van der Waals surface area contributed by atoms with Gasteiger partial charge in [-0.3, -0.25) is 5.10 Å². The molecule has 0 saturated carbocycles. The molecule has 0 radical (unpaired) electrons. The molecule has 1 unspecified atom stereocenters. The Morgan fingerprint density at radius 3 is 3.30 bits per heavy atom. The van der Waals surface area contributed by atoms with Crippen molar-refractivity contribution in [1.82, 2.24) is 19.8 Å². The van der Waals surface area contributed by atoms with Gasteiger partial charge in [0.1, 0.15) is 6.61 Å². The number of pyridine rings is 1. The van der Waals surface area contributed by atoms with E-state index in [0.717, 1.165) is 41.6 Å². The lowest BCUT2D eigenvalue weighted by Gasteiger charge is -2.17. The molecule has 0 amide bonds. The van der Waals surface area contributed by atoms with Crippen LogP contribution in [0.4, 0.5) is 0 Å². The minimum absolute atomic E-state index is 0.214. The second-order valence-electron chi connectivity index (χ2n) is 6.15. The number of H-pyrrole nitrogens is 1. The van der Waals surface area contributed by atoms with Crippen LogP contribution >= 0.6 is 0 Å². The Balaban J connectivity index is 1.53. The first-order valence-electron chi connectivity index (χ1n) is 7.87. The van der Waals surface area contributed by atoms with E-state index in [9.17, 15) is 4.79 Å². The van der Waals surface area contributed by atoms with Gasteiger partial charge in [-0.15, -0.1) is 0 Å². The number of fused-ring (bicyclic) bond motifs is 2. The number of hydrogen-bond donors (Lipinski definition) is 1. The average molecular weight is 310 g/mol. The number of esters is 1. The van der Waals surface area contributed by atoms with Gasteiger partial charge in [-0.25, -0.2) is 9.31 Å². The van der Waals surface area contributed by atoms with Gasteiger partial charge in [0.2, 0.25) is 0 Å². The van der Waals surface area contributed by atoms with Crippen molar-refractivity contribution in [2.75, 3.05) is 0 Å². The number of aromatic nitrogens is 4. The molecule has 1 aliphatic carbocycles. The Morgan fingerprint density at radius 2 is 2.39 bits per heavy atom. The van der Waals surface area contributed by atoms with Crippen molar-refractivity contribution in [2.24, 2.45) is 5.92 Å². The Bertz CT molecular complexity index is 864. The summed E-state index contributed by atoms with van der Waals surface area (Å²) < 4.78 is 7.25. The summed E-state index contributed by atoms with van der Waals surface area (Å²) in [6.07, 6.45) is 6.56. The maximum absolute atomic E-state index is 12.4. The number of carbonyl (C=O) groups is 1. The minimum atomic E-state index is -0.363. The fourth-order valence-corrected chi connectivity index (χ4v) is 3.19. The lowest BCUT2D eigenvalue weighted by atomic mass is 9.88. The monoisotopic (exact) mass is 310 g/mol. The maximum Gasteiger partial charge on any atom is 0.359 e. The van der Waals surface area contributed by atoms with Gasteiger partial charge in [0, 0.05) is 29.2 Å². The molecule has 1 atom stereocenters. The van der Waals surface area contributed by atoms with Crippen LogP contribution in [0.1, 0.15) is 40.7 Å². The number of nitrogens with zero attached hydrogens (tertiary/aromatic N) is 3. The van der Waals surface area contributed by atoms with Crippen LogP contribution in [-0.4, -0.2) is 25.8 Å². The standard InChI is InChI=1S/C17H18N4O2/c1-11-4-5-14-13(9-11)16(20-19-14)17(22)23-10-12-3-2-8-21-15(12)6-7-18-21/h2-3,6-8,11H,4-5,9-10H2,1H3,(H,19,20). The summed E-state index contributed by atoms with van der Waals surface area (Å²) in [6, 6.07) is 5.73. The predicted molar refractivity (Wildman–Crippen MR) is 84.1 cm³/mol. The molecular weight excluding hydrogens is 292 g/mol. The number of rotatable bonds is 3. The van der Waals surface area contributed by atoms with Crippen LogP contribution in [0.5, 0.6) is 0 Å². The number of hydrogen-bond acceptors (Lipinski definition) is 4. The maximum atomic E-state index is 12.4. The Morgan fingerprint density at radius 1 is 1.48 bits per heavy atom. The van der Waals surface area contributed by atoms with Crippen LogP contribution in [0.25, 0.3) is 5.52 Å². The van der Waals surface area contributed by atoms with E-state index >= 15 is 0 Å². The van der Waals surface area contributed by atoms with Crippen molar-refractivity contribution in [1.29, 1.82) is 0 Å². The molecule has 1 N–H and O–H groups in total. The molecule has 3 heterocycles. The van der Waals surface area contributed by atoms with E-state index in [2.05, 4.69) is 22.2 Å². The number of aryl methyl sites for hydroxylation is 1. The molecule has 6 nitrogen and oxygen atoms in total. The zero-order valence-electron chi connectivity index (χ0n) is 13.0. The zero-order valence-corrected chi connectivity index (χ0v) is 13.0. The van der Waals surface area contributed by atoms with E-state index < -0.39 is 0 Å². The Kier molecular flexibility index (Phi) is 3.37. The Hall–Kier alpha value is -2.63. The van der Waals surface area contributed by atoms with Crippen molar-refractivity contribution in [3.05, 3.63) is 53.1 Å². The molecule has 1 aliphatic rings. The molecule has 118 valence electrons. The fourth-order valence-electron chi connectivity index (χ4n) is 3.19. The third-order valence-corrected chi connectivity index (χ3v) is 4.47. The van der Waals surface area contributed by atoms with Crippen LogP contribution in [0.15, 0.2) is 30.6 Å². The van der Waals surface area contributed by atoms with Crippen LogP contribution < -0.4 is 0 Å². The average Bonchev–Trinajstić information content (AvgIpc) is 3.18. The van der Waals surface area contributed by atoms with Crippen LogP contribution in [0.2, 0.25) is 0 Å². The molecule has 3 aromatic heterocycles. The molecule has 4 rings (SSSR count). The summed E-state index contributed by atoms with van der Waals surface area (Å²) in [6.45, 7) is 2.41. The van der Waals surface area contributed by atoms with Gasteiger partial charge in [0.05, 0.1) is 5.52 Å². The first kappa shape index (κ1) is 14.0. The van der Waals surface area contributed by atoms with E-state index in [1.54, 1.807) is 10.7 Å². The topological polar surface area (TPSA) is 72.3 Å². The van der Waals surface area contributed by atoms with Gasteiger partial charge >= 0.3 is 5.97 Å². The highest BCUT2D eigenvalue weighted by Gasteiger charge is 2.25. The highest BCUT2D eigenvalue weighted by Crippen LogP contribution is 2.26. The number of nitrogens with one attached hydrogen (secondary N) is 1. The summed E-state index contributed by atoms with van der Waals surface area (Å²) in [7, 11) is 0. The largest absolute Gasteiger partial charge is 0.456 e. The first-order valence-corrected chi connectivity index (χ1v) is 7.87. The second kappa shape index (κ2) is 5.53. The zero-order chi connectivity index (χ0) is 15.8. The van der Waals surface area contributed by atoms with E-state index in [4.69, 9.17) is 4.74 Å². The highest BCUT2D eigenvalue weighted by molar-refractivity contribution is 5.89. The van der Waals surface area contributed by atoms with E-state index in [1.165, 1.54) is 0 Å². The molecule has 3 aromatic rings. The fraction of sp³-hybridized carbons (Fsp3) is 0.353. The van der Waals surface area contributed by atoms with Crippen molar-refractivity contribution in [3.8, 4) is 0 Å². The van der Waals surface area contributed by atoms with Crippen molar-refractivity contribution >= 4 is 11.5 Å². The number of ether oxygens (including phenoxy) is 1. The summed E-state index contributed by atoms with van der Waals surface area (Å²) >= 11 is 0. The van der Waals surface area contributed by atoms with Gasteiger partial charge in [-0.1, -0.05) is 13.0 Å². The molecule has 0 bridgehead atoms. The van der Waals surface area contributed by atoms with Crippen molar-refractivity contribution in [2.45, 2.75) is 32.8 Å². The molecule has 0 spiro atoms. The van der Waals surface area contributed by atoms with Gasteiger partial charge in [0.15, 0.2) is 5.69 Å². The Labute approximate surface area is 133 Å². The molecule has 23 heavy (non-hydrogen) atoms. The summed E-state index contributed by atoms with van der Waals surface area (Å²) in [5.74, 6) is 0.213. The molecule has 0 aromatic carbocycles. The third-order valence-electron chi connectivity index (χ3n) is 4.47. The SMILES string of the molecule is CC1CCc2[nH]nc(C(=O)OCc3cccn4nccc34)c2C1. The lowest BCUT2D eigenvalue weighted by Crippen LogP contribution is -2.14. The molecular formula is C17H18N4O2. The summed E-state index contributed by atoms with van der Waals surface area (Å²) in [5, 5.41) is 11.3. The minimum Gasteiger partial charge on any atom is -0.456 e. The lowest BCUT2D eigenvalue weighted by molar-refractivity contribution is 0.0465. The van der Waals surface area contributed by atoms with Gasteiger partial charge in [-0.2, -0.15) is 10.2 Å². The van der Waals surface area contributed by atoms with Gasteiger partial charge in [0.25, 0.3) is 0 Å². The van der Waals surface area contributed by atoms with E-state index in [0.29, 0.717) is 11.6 Å². The second-order valence-corrected chi connectivity index (χ2v) is 6.15. The van der Waals surface area contributed by atoms with Gasteiger partial charge < -0.3 is 4.74 Å². The molecule has 0 fully saturated rings. The molecule has 6 heteroatoms. The number of carbonyl (C=O) groups excluding carboxylic acids is 1. The predicted octanol–water partition coefficient (Wildman–Crippen LogP) is 2.54. The third kappa shape index (κ3) is 2.50. The highest BCUT2D eigenvalue weighted by atomic mass is 16.5. The molecule has 0 aliphatic heterocycles. The van der Waals surface area contributed by atoms with Gasteiger partial charge in [-0.05, 0) is 37.3 Å². The molecule has 0 saturated heterocycles. The summed E-state index contributed by atoms with van der Waals surface area (Å²) in [5.41, 5.74) is 4.41. The van der Waals surface area contributed by atoms with Crippen LogP contribution in [-0.2, 0) is 24.2 Å². The van der Waals surface area contributed by atoms with Crippen LogP contribution in [0.3, 0.4) is 0 Å². The van der Waals surface area contributed by atoms with Crippen molar-refractivity contribution in [3.63, 3.8) is 0 Å². The van der Waals surface area contributed by atoms with Crippen molar-refractivity contribution < 1.29 is 9.53 Å². The normalized spacial score (nSPS) is 17.2. The van der Waals surface area contributed by atoms with E-state index in [-0.39, 0.29) is 12.6 Å². The first-order chi connectivity index (χ1) is 11.2.